The first-order chi connectivity index (χ1) is 10.3. The van der Waals surface area contributed by atoms with E-state index in [9.17, 15) is 14.3 Å². The van der Waals surface area contributed by atoms with Crippen LogP contribution >= 0.6 is 33.8 Å². The lowest BCUT2D eigenvalue weighted by atomic mass is 10.1. The van der Waals surface area contributed by atoms with E-state index < -0.39 is 14.9 Å². The minimum absolute atomic E-state index is 0.0371. The Kier molecular flexibility index (Phi) is 4.03. The van der Waals surface area contributed by atoms with Gasteiger partial charge in [0, 0.05) is 22.8 Å². The van der Waals surface area contributed by atoms with Gasteiger partial charge in [0.2, 0.25) is 6.20 Å². The van der Waals surface area contributed by atoms with E-state index in [4.69, 9.17) is 23.2 Å². The molecule has 0 aliphatic heterocycles. The van der Waals surface area contributed by atoms with Gasteiger partial charge in [0.05, 0.1) is 5.75 Å². The molecule has 1 heterocycles. The Labute approximate surface area is 140 Å². The summed E-state index contributed by atoms with van der Waals surface area (Å²) in [5.74, 6) is 0.175. The smallest absolute Gasteiger partial charge is 0.290 e. The average Bonchev–Trinajstić information content (AvgIpc) is 3.08. The molecule has 1 aromatic heterocycles. The average molecular weight is 361 g/mol. The van der Waals surface area contributed by atoms with Crippen LogP contribution in [-0.4, -0.2) is 18.6 Å². The first-order valence-electron chi connectivity index (χ1n) is 6.72. The summed E-state index contributed by atoms with van der Waals surface area (Å²) in [4.78, 5) is 0. The van der Waals surface area contributed by atoms with Crippen LogP contribution in [0, 0.1) is 0 Å². The fourth-order valence-electron chi connectivity index (χ4n) is 2.41. The van der Waals surface area contributed by atoms with Gasteiger partial charge >= 0.3 is 5.03 Å². The van der Waals surface area contributed by atoms with Crippen molar-refractivity contribution >= 4 is 33.8 Å². The van der Waals surface area contributed by atoms with Crippen molar-refractivity contribution in [3.05, 3.63) is 59.8 Å². The Morgan fingerprint density at radius 2 is 1.77 bits per heavy atom. The molecule has 0 bridgehead atoms. The topological polar surface area (TPSA) is 64.6 Å². The van der Waals surface area contributed by atoms with E-state index in [1.165, 1.54) is 12.3 Å². The highest BCUT2D eigenvalue weighted by molar-refractivity contribution is 8.23. The predicted octanol–water partition coefficient (Wildman–Crippen LogP) is 4.18. The number of nitrogens with zero attached hydrogens (tertiary/aromatic N) is 1. The lowest BCUT2D eigenvalue weighted by Gasteiger charge is -2.27. The van der Waals surface area contributed by atoms with Crippen LogP contribution in [0.5, 0.6) is 0 Å². The Morgan fingerprint density at radius 3 is 2.32 bits per heavy atom. The van der Waals surface area contributed by atoms with Crippen LogP contribution in [-0.2, 0) is 5.75 Å². The van der Waals surface area contributed by atoms with Crippen LogP contribution in [0.4, 0.5) is 0 Å². The molecule has 22 heavy (non-hydrogen) atoms. The van der Waals surface area contributed by atoms with Crippen molar-refractivity contribution < 1.29 is 19.0 Å². The number of pyridine rings is 1. The third-order valence-corrected chi connectivity index (χ3v) is 6.28. The van der Waals surface area contributed by atoms with Gasteiger partial charge < -0.3 is 0 Å². The first kappa shape index (κ1) is 15.9. The van der Waals surface area contributed by atoms with E-state index in [1.54, 1.807) is 12.1 Å². The lowest BCUT2D eigenvalue weighted by molar-refractivity contribution is -0.933. The number of hydrogen-bond acceptors (Lipinski definition) is 3. The summed E-state index contributed by atoms with van der Waals surface area (Å²) < 4.78 is 20.7. The van der Waals surface area contributed by atoms with Crippen molar-refractivity contribution in [2.45, 2.75) is 27.5 Å². The van der Waals surface area contributed by atoms with E-state index in [0.29, 0.717) is 0 Å². The van der Waals surface area contributed by atoms with Gasteiger partial charge in [0.25, 0.3) is 0 Å². The maximum Gasteiger partial charge on any atom is 0.344 e. The second-order valence-corrected chi connectivity index (χ2v) is 9.04. The van der Waals surface area contributed by atoms with Gasteiger partial charge in [-0.1, -0.05) is 24.3 Å². The highest BCUT2D eigenvalue weighted by Crippen LogP contribution is 2.59. The minimum atomic E-state index is -3.12. The van der Waals surface area contributed by atoms with Gasteiger partial charge in [-0.25, -0.2) is 0 Å². The fraction of sp³-hybridized carbons (Fsp3) is 0.267. The van der Waals surface area contributed by atoms with Crippen molar-refractivity contribution in [3.8, 4) is 0 Å². The van der Waals surface area contributed by atoms with Crippen molar-refractivity contribution in [2.24, 2.45) is 0 Å². The first-order valence-corrected chi connectivity index (χ1v) is 9.19. The molecule has 0 spiro atoms. The summed E-state index contributed by atoms with van der Waals surface area (Å²) in [6.07, 6.45) is 2.10. The maximum absolute atomic E-state index is 10.3. The second-order valence-electron chi connectivity index (χ2n) is 5.45. The molecule has 118 valence electrons. The monoisotopic (exact) mass is 360 g/mol. The van der Waals surface area contributed by atoms with Gasteiger partial charge in [-0.05, 0) is 23.6 Å². The molecule has 1 aliphatic carbocycles. The van der Waals surface area contributed by atoms with Gasteiger partial charge in [-0.3, -0.25) is 14.3 Å². The minimum Gasteiger partial charge on any atom is -0.290 e. The summed E-state index contributed by atoms with van der Waals surface area (Å²) in [6.45, 7) is 0. The normalized spacial score (nSPS) is 20.6. The van der Waals surface area contributed by atoms with Crippen molar-refractivity contribution in [1.82, 2.24) is 0 Å². The van der Waals surface area contributed by atoms with Crippen LogP contribution in [0.25, 0.3) is 0 Å². The molecule has 0 amide bonds. The number of halogens is 2. The van der Waals surface area contributed by atoms with Gasteiger partial charge in [-0.15, -0.1) is 33.8 Å². The molecule has 3 N–H and O–H groups in total. The SMILES string of the molecule is O[n+]1ccccc1S(O)(O)Cc1ccc(C2CC2(Cl)Cl)cc1. The van der Waals surface area contributed by atoms with Crippen molar-refractivity contribution in [3.63, 3.8) is 0 Å². The molecule has 1 unspecified atom stereocenters. The quantitative estimate of drug-likeness (QED) is 0.435. The summed E-state index contributed by atoms with van der Waals surface area (Å²) in [7, 11) is -3.12. The summed E-state index contributed by atoms with van der Waals surface area (Å²) in [5.41, 5.74) is 1.81. The largest absolute Gasteiger partial charge is 0.344 e. The number of aromatic nitrogens is 1. The molecular formula is C15H16Cl2NO3S+. The van der Waals surface area contributed by atoms with Crippen molar-refractivity contribution in [1.29, 1.82) is 0 Å². The zero-order valence-electron chi connectivity index (χ0n) is 11.6. The Morgan fingerprint density at radius 1 is 1.14 bits per heavy atom. The third kappa shape index (κ3) is 3.19. The molecule has 3 rings (SSSR count). The summed E-state index contributed by atoms with van der Waals surface area (Å²) in [6, 6.07) is 12.2. The van der Waals surface area contributed by atoms with Gasteiger partial charge in [0.1, 0.15) is 4.33 Å². The molecule has 1 aromatic carbocycles. The van der Waals surface area contributed by atoms with E-state index in [1.807, 2.05) is 24.3 Å². The number of hydrogen-bond donors (Lipinski definition) is 3. The lowest BCUT2D eigenvalue weighted by Crippen LogP contribution is -2.35. The molecule has 4 nitrogen and oxygen atoms in total. The van der Waals surface area contributed by atoms with E-state index in [2.05, 4.69) is 0 Å². The zero-order chi connectivity index (χ0) is 16.0. The number of rotatable bonds is 4. The number of benzene rings is 1. The standard InChI is InChI=1S/C15H15Cl2NO3S/c16-15(17)9-13(15)12-6-4-11(5-7-12)10-22(20,21)14-3-1-2-8-18(14)19/h1-8,13H,9-10H2,(H2-,19,20,21)/p+1. The second kappa shape index (κ2) is 5.58. The molecule has 0 radical (unpaired) electrons. The van der Waals surface area contributed by atoms with E-state index >= 15 is 0 Å². The predicted molar refractivity (Wildman–Crippen MR) is 86.9 cm³/mol. The summed E-state index contributed by atoms with van der Waals surface area (Å²) in [5, 5.41) is 9.78. The van der Waals surface area contributed by atoms with Crippen LogP contribution in [0.1, 0.15) is 23.5 Å². The third-order valence-electron chi connectivity index (χ3n) is 3.71. The summed E-state index contributed by atoms with van der Waals surface area (Å²) >= 11 is 12.1. The molecule has 1 aliphatic rings. The van der Waals surface area contributed by atoms with E-state index in [-0.39, 0.29) is 16.7 Å². The maximum atomic E-state index is 10.3. The molecule has 1 fully saturated rings. The van der Waals surface area contributed by atoms with Crippen LogP contribution in [0.3, 0.4) is 0 Å². The fourth-order valence-corrected chi connectivity index (χ4v) is 4.43. The van der Waals surface area contributed by atoms with Gasteiger partial charge in [-0.2, -0.15) is 0 Å². The molecule has 1 atom stereocenters. The van der Waals surface area contributed by atoms with E-state index in [0.717, 1.165) is 22.3 Å². The Bertz CT molecular complexity index is 691. The molecular weight excluding hydrogens is 345 g/mol. The highest BCUT2D eigenvalue weighted by Gasteiger charge is 2.52. The Balaban J connectivity index is 1.77. The Hall–Kier alpha value is -0.980. The highest BCUT2D eigenvalue weighted by atomic mass is 35.5. The molecule has 1 saturated carbocycles. The van der Waals surface area contributed by atoms with Gasteiger partial charge in [0.15, 0.2) is 0 Å². The van der Waals surface area contributed by atoms with Crippen LogP contribution < -0.4 is 4.73 Å². The van der Waals surface area contributed by atoms with Crippen LogP contribution in [0.15, 0.2) is 53.7 Å². The molecule has 0 saturated heterocycles. The zero-order valence-corrected chi connectivity index (χ0v) is 13.9. The van der Waals surface area contributed by atoms with Crippen molar-refractivity contribution in [2.75, 3.05) is 0 Å². The van der Waals surface area contributed by atoms with Crippen LogP contribution in [0.2, 0.25) is 0 Å². The molecule has 7 heteroatoms. The molecule has 2 aromatic rings. The number of alkyl halides is 2.